The lowest BCUT2D eigenvalue weighted by Crippen LogP contribution is -2.39. The minimum Gasteiger partial charge on any atom is -0.489 e. The van der Waals surface area contributed by atoms with Gasteiger partial charge in [-0.2, -0.15) is 0 Å². The van der Waals surface area contributed by atoms with Gasteiger partial charge in [-0.05, 0) is 56.0 Å². The maximum atomic E-state index is 6.58. The molecule has 0 bridgehead atoms. The van der Waals surface area contributed by atoms with Crippen LogP contribution in [-0.4, -0.2) is 46.6 Å². The summed E-state index contributed by atoms with van der Waals surface area (Å²) >= 11 is 6.58. The second-order valence-electron chi connectivity index (χ2n) is 8.63. The SMILES string of the molecule is CCc1cnc(N2CCC(Oc3ccc(CN4CCCCC4C)cc3Cl)CC2)nc1. The first-order valence-corrected chi connectivity index (χ1v) is 11.7. The molecule has 3 heterocycles. The first-order chi connectivity index (χ1) is 14.6. The standard InChI is InChI=1S/C24H33ClN4O/c1-3-19-15-26-24(27-16-19)28-12-9-21(10-13-28)30-23-8-7-20(14-22(23)25)17-29-11-5-4-6-18(29)2/h7-8,14-16,18,21H,3-6,9-13,17H2,1-2H3. The molecule has 0 saturated carbocycles. The third-order valence-electron chi connectivity index (χ3n) is 6.44. The zero-order chi connectivity index (χ0) is 20.9. The minimum absolute atomic E-state index is 0.182. The molecular formula is C24H33ClN4O. The molecule has 0 spiro atoms. The van der Waals surface area contributed by atoms with E-state index in [1.54, 1.807) is 0 Å². The smallest absolute Gasteiger partial charge is 0.225 e. The lowest BCUT2D eigenvalue weighted by atomic mass is 10.0. The van der Waals surface area contributed by atoms with Crippen molar-refractivity contribution < 1.29 is 4.74 Å². The van der Waals surface area contributed by atoms with Crippen molar-refractivity contribution in [1.29, 1.82) is 0 Å². The van der Waals surface area contributed by atoms with Crippen LogP contribution in [0.15, 0.2) is 30.6 Å². The van der Waals surface area contributed by atoms with Crippen LogP contribution in [0.3, 0.4) is 0 Å². The van der Waals surface area contributed by atoms with Crippen molar-refractivity contribution >= 4 is 17.5 Å². The molecule has 0 radical (unpaired) electrons. The third kappa shape index (κ3) is 5.25. The number of aromatic nitrogens is 2. The molecule has 6 heteroatoms. The van der Waals surface area contributed by atoms with Gasteiger partial charge in [0.25, 0.3) is 0 Å². The predicted octanol–water partition coefficient (Wildman–Crippen LogP) is 5.11. The number of anilines is 1. The second-order valence-corrected chi connectivity index (χ2v) is 9.04. The van der Waals surface area contributed by atoms with Crippen molar-refractivity contribution in [2.24, 2.45) is 0 Å². The fraction of sp³-hybridized carbons (Fsp3) is 0.583. The Balaban J connectivity index is 1.30. The van der Waals surface area contributed by atoms with Crippen LogP contribution in [0.1, 0.15) is 57.1 Å². The average molecular weight is 429 g/mol. The van der Waals surface area contributed by atoms with Crippen LogP contribution in [0, 0.1) is 0 Å². The molecule has 2 aliphatic heterocycles. The van der Waals surface area contributed by atoms with Crippen molar-refractivity contribution in [1.82, 2.24) is 14.9 Å². The fourth-order valence-corrected chi connectivity index (χ4v) is 4.66. The van der Waals surface area contributed by atoms with Crippen molar-refractivity contribution in [3.8, 4) is 5.75 Å². The normalized spacial score (nSPS) is 21.0. The molecule has 2 saturated heterocycles. The zero-order valence-corrected chi connectivity index (χ0v) is 18.9. The summed E-state index contributed by atoms with van der Waals surface area (Å²) in [4.78, 5) is 13.8. The van der Waals surface area contributed by atoms with Gasteiger partial charge < -0.3 is 9.64 Å². The highest BCUT2D eigenvalue weighted by molar-refractivity contribution is 6.32. The Hall–Kier alpha value is -1.85. The molecule has 30 heavy (non-hydrogen) atoms. The summed E-state index contributed by atoms with van der Waals surface area (Å²) in [7, 11) is 0. The van der Waals surface area contributed by atoms with E-state index >= 15 is 0 Å². The van der Waals surface area contributed by atoms with Gasteiger partial charge in [-0.15, -0.1) is 0 Å². The largest absolute Gasteiger partial charge is 0.489 e. The molecule has 5 nitrogen and oxygen atoms in total. The highest BCUT2D eigenvalue weighted by Crippen LogP contribution is 2.30. The minimum atomic E-state index is 0.182. The van der Waals surface area contributed by atoms with E-state index in [2.05, 4.69) is 45.7 Å². The number of nitrogens with zero attached hydrogens (tertiary/aromatic N) is 4. The van der Waals surface area contributed by atoms with E-state index in [1.165, 1.54) is 36.9 Å². The Labute approximate surface area is 185 Å². The number of rotatable bonds is 6. The van der Waals surface area contributed by atoms with Crippen molar-refractivity contribution in [2.75, 3.05) is 24.5 Å². The van der Waals surface area contributed by atoms with Crippen molar-refractivity contribution in [3.63, 3.8) is 0 Å². The van der Waals surface area contributed by atoms with Gasteiger partial charge in [0.05, 0.1) is 5.02 Å². The van der Waals surface area contributed by atoms with E-state index in [9.17, 15) is 0 Å². The topological polar surface area (TPSA) is 41.5 Å². The van der Waals surface area contributed by atoms with Gasteiger partial charge in [0.1, 0.15) is 11.9 Å². The zero-order valence-electron chi connectivity index (χ0n) is 18.2. The van der Waals surface area contributed by atoms with Gasteiger partial charge >= 0.3 is 0 Å². The van der Waals surface area contributed by atoms with Crippen LogP contribution in [0.2, 0.25) is 5.02 Å². The van der Waals surface area contributed by atoms with Gasteiger partial charge in [0.2, 0.25) is 5.95 Å². The van der Waals surface area contributed by atoms with E-state index < -0.39 is 0 Å². The van der Waals surface area contributed by atoms with Crippen LogP contribution in [-0.2, 0) is 13.0 Å². The van der Waals surface area contributed by atoms with Crippen molar-refractivity contribution in [2.45, 2.75) is 71.1 Å². The summed E-state index contributed by atoms with van der Waals surface area (Å²) in [6.07, 6.45) is 10.8. The number of ether oxygens (including phenoxy) is 1. The maximum absolute atomic E-state index is 6.58. The second kappa shape index (κ2) is 9.97. The molecule has 0 N–H and O–H groups in total. The van der Waals surface area contributed by atoms with Gasteiger partial charge in [0.15, 0.2) is 0 Å². The number of aryl methyl sites for hydroxylation is 1. The first-order valence-electron chi connectivity index (χ1n) is 11.4. The third-order valence-corrected chi connectivity index (χ3v) is 6.74. The molecule has 1 atom stereocenters. The lowest BCUT2D eigenvalue weighted by molar-refractivity contribution is 0.152. The molecule has 4 rings (SSSR count). The molecule has 0 amide bonds. The molecule has 1 unspecified atom stereocenters. The van der Waals surface area contributed by atoms with Crippen LogP contribution in [0.4, 0.5) is 5.95 Å². The Kier molecular flexibility index (Phi) is 7.11. The molecule has 2 aromatic rings. The van der Waals surface area contributed by atoms with E-state index in [1.807, 2.05) is 18.5 Å². The van der Waals surface area contributed by atoms with Gasteiger partial charge in [-0.1, -0.05) is 31.0 Å². The Morgan fingerprint density at radius 3 is 2.47 bits per heavy atom. The summed E-state index contributed by atoms with van der Waals surface area (Å²) in [6.45, 7) is 8.40. The molecule has 1 aromatic heterocycles. The Morgan fingerprint density at radius 1 is 1.03 bits per heavy atom. The van der Waals surface area contributed by atoms with Crippen LogP contribution < -0.4 is 9.64 Å². The fourth-order valence-electron chi connectivity index (χ4n) is 4.41. The van der Waals surface area contributed by atoms with Crippen LogP contribution in [0.25, 0.3) is 0 Å². The Bertz CT molecular complexity index is 820. The number of likely N-dealkylation sites (tertiary alicyclic amines) is 1. The van der Waals surface area contributed by atoms with E-state index in [0.717, 1.165) is 55.6 Å². The van der Waals surface area contributed by atoms with Crippen molar-refractivity contribution in [3.05, 3.63) is 46.7 Å². The highest BCUT2D eigenvalue weighted by Gasteiger charge is 2.23. The van der Waals surface area contributed by atoms with Gasteiger partial charge in [0, 0.05) is 50.9 Å². The molecule has 162 valence electrons. The monoisotopic (exact) mass is 428 g/mol. The number of halogens is 1. The number of benzene rings is 1. The number of hydrogen-bond acceptors (Lipinski definition) is 5. The highest BCUT2D eigenvalue weighted by atomic mass is 35.5. The quantitative estimate of drug-likeness (QED) is 0.639. The number of piperidine rings is 2. The summed E-state index contributed by atoms with van der Waals surface area (Å²) in [5, 5.41) is 0.720. The molecule has 2 fully saturated rings. The Morgan fingerprint density at radius 2 is 1.80 bits per heavy atom. The molecule has 1 aromatic carbocycles. The predicted molar refractivity (Wildman–Crippen MR) is 122 cm³/mol. The average Bonchev–Trinajstić information content (AvgIpc) is 2.78. The van der Waals surface area contributed by atoms with Gasteiger partial charge in [-0.25, -0.2) is 9.97 Å². The van der Waals surface area contributed by atoms with Crippen LogP contribution in [0.5, 0.6) is 5.75 Å². The van der Waals surface area contributed by atoms with Crippen LogP contribution >= 0.6 is 11.6 Å². The summed E-state index contributed by atoms with van der Waals surface area (Å²) in [5.41, 5.74) is 2.44. The number of hydrogen-bond donors (Lipinski definition) is 0. The molecule has 2 aliphatic rings. The maximum Gasteiger partial charge on any atom is 0.225 e. The van der Waals surface area contributed by atoms with Gasteiger partial charge in [-0.3, -0.25) is 4.90 Å². The summed E-state index contributed by atoms with van der Waals surface area (Å²) in [6, 6.07) is 6.95. The summed E-state index contributed by atoms with van der Waals surface area (Å²) < 4.78 is 6.26. The van der Waals surface area contributed by atoms with E-state index in [0.29, 0.717) is 6.04 Å². The first kappa shape index (κ1) is 21.4. The summed E-state index contributed by atoms with van der Waals surface area (Å²) in [5.74, 6) is 1.62. The lowest BCUT2D eigenvalue weighted by Gasteiger charge is -2.33. The molecule has 0 aliphatic carbocycles. The van der Waals surface area contributed by atoms with E-state index in [4.69, 9.17) is 16.3 Å². The van der Waals surface area contributed by atoms with E-state index in [-0.39, 0.29) is 6.10 Å². The molecular weight excluding hydrogens is 396 g/mol.